The predicted octanol–water partition coefficient (Wildman–Crippen LogP) is 5.46. The molecule has 2 unspecified atom stereocenters. The number of aliphatic carboxylic acids is 1. The third kappa shape index (κ3) is 23.9. The highest BCUT2D eigenvalue weighted by Gasteiger charge is 2.20. The highest BCUT2D eigenvalue weighted by molar-refractivity contribution is 7.78. The number of carbonyl (C=O) groups is 5. The zero-order valence-corrected chi connectivity index (χ0v) is 25.6. The van der Waals surface area contributed by atoms with Crippen molar-refractivity contribution in [2.45, 2.75) is 154 Å². The smallest absolute Gasteiger partial charge is 0.326 e. The van der Waals surface area contributed by atoms with Gasteiger partial charge in [0.2, 0.25) is 11.8 Å². The van der Waals surface area contributed by atoms with Crippen LogP contribution in [0.1, 0.15) is 142 Å². The van der Waals surface area contributed by atoms with Crippen LogP contribution in [0.25, 0.3) is 0 Å². The fraction of sp³-hybridized carbons (Fsp3) is 0.833. The van der Waals surface area contributed by atoms with Crippen molar-refractivity contribution in [2.24, 2.45) is 0 Å². The van der Waals surface area contributed by atoms with Crippen molar-refractivity contribution in [2.75, 3.05) is 6.54 Å². The lowest BCUT2D eigenvalue weighted by atomic mass is 10.0. The fourth-order valence-electron chi connectivity index (χ4n) is 4.58. The van der Waals surface area contributed by atoms with Gasteiger partial charge in [0.15, 0.2) is 0 Å². The number of thiol groups is 1. The minimum atomic E-state index is -1.13. The fourth-order valence-corrected chi connectivity index (χ4v) is 4.89. The lowest BCUT2D eigenvalue weighted by Crippen LogP contribution is -2.41. The highest BCUT2D eigenvalue weighted by atomic mass is 32.1. The van der Waals surface area contributed by atoms with Crippen LogP contribution in [-0.4, -0.2) is 53.6 Å². The van der Waals surface area contributed by atoms with Gasteiger partial charge in [0.05, 0.1) is 6.04 Å². The maximum absolute atomic E-state index is 12.2. The number of hydrogen-bond acceptors (Lipinski definition) is 7. The Balaban J connectivity index is 3.74. The Hall–Kier alpha value is -1.94. The van der Waals surface area contributed by atoms with Gasteiger partial charge in [-0.1, -0.05) is 89.9 Å². The number of hydrogen-bond donors (Lipinski definition) is 5. The highest BCUT2D eigenvalue weighted by Crippen LogP contribution is 2.14. The molecule has 4 N–H and O–H groups in total. The maximum Gasteiger partial charge on any atom is 0.326 e. The molecule has 0 aliphatic heterocycles. The van der Waals surface area contributed by atoms with E-state index in [1.807, 2.05) is 0 Å². The summed E-state index contributed by atoms with van der Waals surface area (Å²) in [5.74, 6) is -1.65. The molecule has 0 saturated heterocycles. The Kier molecular flexibility index (Phi) is 25.9. The van der Waals surface area contributed by atoms with Gasteiger partial charge in [-0.15, -0.1) is 0 Å². The monoisotopic (exact) mass is 585 g/mol. The molecule has 0 aromatic rings. The van der Waals surface area contributed by atoms with Gasteiger partial charge in [-0.2, -0.15) is 0 Å². The SMILES string of the molecule is CC(=O)C(CCCCNC(=O)CCC(NC(=O)CCCCCCCCCCCCCCCCC=O)C(=O)O)NS. The molecule has 40 heavy (non-hydrogen) atoms. The summed E-state index contributed by atoms with van der Waals surface area (Å²) in [5, 5.41) is 14.7. The molecule has 10 heteroatoms. The van der Waals surface area contributed by atoms with Crippen LogP contribution in [0.2, 0.25) is 0 Å². The molecule has 0 rings (SSSR count). The van der Waals surface area contributed by atoms with Crippen LogP contribution in [0.5, 0.6) is 0 Å². The van der Waals surface area contributed by atoms with Crippen LogP contribution in [-0.2, 0) is 24.0 Å². The van der Waals surface area contributed by atoms with Crippen molar-refractivity contribution < 1.29 is 29.1 Å². The second-order valence-electron chi connectivity index (χ2n) is 10.8. The lowest BCUT2D eigenvalue weighted by Gasteiger charge is -2.15. The Morgan fingerprint density at radius 1 is 0.675 bits per heavy atom. The van der Waals surface area contributed by atoms with Crippen LogP contribution in [0, 0.1) is 0 Å². The molecule has 2 atom stereocenters. The Morgan fingerprint density at radius 2 is 1.20 bits per heavy atom. The van der Waals surface area contributed by atoms with Crippen LogP contribution < -0.4 is 15.4 Å². The summed E-state index contributed by atoms with van der Waals surface area (Å²) in [6.07, 6.45) is 20.4. The molecule has 0 fully saturated rings. The van der Waals surface area contributed by atoms with E-state index in [1.54, 1.807) is 0 Å². The van der Waals surface area contributed by atoms with Crippen molar-refractivity contribution in [3.63, 3.8) is 0 Å². The Morgan fingerprint density at radius 3 is 1.68 bits per heavy atom. The summed E-state index contributed by atoms with van der Waals surface area (Å²) in [6.45, 7) is 1.95. The number of nitrogens with one attached hydrogen (secondary N) is 3. The molecular formula is C30H55N3O6S. The molecule has 0 radical (unpaired) electrons. The molecule has 9 nitrogen and oxygen atoms in total. The topological polar surface area (TPSA) is 142 Å². The number of ketones is 1. The second-order valence-corrected chi connectivity index (χ2v) is 11.0. The van der Waals surface area contributed by atoms with Gasteiger partial charge in [0.1, 0.15) is 18.1 Å². The van der Waals surface area contributed by atoms with Crippen LogP contribution >= 0.6 is 12.8 Å². The van der Waals surface area contributed by atoms with Crippen molar-refractivity contribution in [3.05, 3.63) is 0 Å². The molecule has 0 heterocycles. The molecule has 0 aromatic heterocycles. The van der Waals surface area contributed by atoms with E-state index in [-0.39, 0.29) is 36.5 Å². The largest absolute Gasteiger partial charge is 0.480 e. The molecule has 0 spiro atoms. The third-order valence-corrected chi connectivity index (χ3v) is 7.47. The quantitative estimate of drug-likeness (QED) is 0.0446. The number of aldehydes is 1. The van der Waals surface area contributed by atoms with Gasteiger partial charge < -0.3 is 20.5 Å². The summed E-state index contributed by atoms with van der Waals surface area (Å²) in [4.78, 5) is 57.4. The van der Waals surface area contributed by atoms with Crippen molar-refractivity contribution in [1.29, 1.82) is 0 Å². The first kappa shape index (κ1) is 38.1. The van der Waals surface area contributed by atoms with Gasteiger partial charge in [-0.3, -0.25) is 19.1 Å². The summed E-state index contributed by atoms with van der Waals surface area (Å²) in [5.41, 5.74) is 0. The molecule has 232 valence electrons. The second kappa shape index (κ2) is 27.2. The molecule has 0 saturated carbocycles. The van der Waals surface area contributed by atoms with E-state index >= 15 is 0 Å². The molecule has 0 aromatic carbocycles. The van der Waals surface area contributed by atoms with E-state index in [1.165, 1.54) is 64.7 Å². The molecule has 0 aliphatic rings. The summed E-state index contributed by atoms with van der Waals surface area (Å²) >= 11 is 3.94. The van der Waals surface area contributed by atoms with Gasteiger partial charge in [-0.05, 0) is 45.4 Å². The van der Waals surface area contributed by atoms with Gasteiger partial charge in [-0.25, -0.2) is 4.79 Å². The lowest BCUT2D eigenvalue weighted by molar-refractivity contribution is -0.142. The number of carboxylic acid groups (broad SMARTS) is 1. The number of rotatable bonds is 29. The van der Waals surface area contributed by atoms with E-state index < -0.39 is 12.0 Å². The average molecular weight is 586 g/mol. The van der Waals surface area contributed by atoms with Crippen molar-refractivity contribution >= 4 is 42.7 Å². The summed E-state index contributed by atoms with van der Waals surface area (Å²) in [7, 11) is 0. The van der Waals surface area contributed by atoms with E-state index in [0.717, 1.165) is 44.8 Å². The Labute approximate surface area is 247 Å². The third-order valence-electron chi connectivity index (χ3n) is 7.16. The number of amides is 2. The van der Waals surface area contributed by atoms with Gasteiger partial charge in [0.25, 0.3) is 0 Å². The summed E-state index contributed by atoms with van der Waals surface area (Å²) < 4.78 is 2.66. The predicted molar refractivity (Wildman–Crippen MR) is 162 cm³/mol. The number of unbranched alkanes of at least 4 members (excludes halogenated alkanes) is 15. The number of Topliss-reactive ketones (excluding diaryl/α,β-unsaturated/α-hetero) is 1. The van der Waals surface area contributed by atoms with Crippen LogP contribution in [0.15, 0.2) is 0 Å². The molecule has 0 bridgehead atoms. The zero-order chi connectivity index (χ0) is 29.8. The first-order valence-electron chi connectivity index (χ1n) is 15.4. The number of carbonyl (C=O) groups excluding carboxylic acids is 4. The van der Waals surface area contributed by atoms with Crippen LogP contribution in [0.4, 0.5) is 0 Å². The minimum absolute atomic E-state index is 0.0180. The van der Waals surface area contributed by atoms with Crippen LogP contribution in [0.3, 0.4) is 0 Å². The van der Waals surface area contributed by atoms with E-state index in [0.29, 0.717) is 32.2 Å². The first-order valence-corrected chi connectivity index (χ1v) is 15.9. The Bertz CT molecular complexity index is 707. The van der Waals surface area contributed by atoms with Gasteiger partial charge in [0, 0.05) is 25.8 Å². The van der Waals surface area contributed by atoms with Crippen molar-refractivity contribution in [3.8, 4) is 0 Å². The standard InChI is InChI=1S/C30H55N3O6S/c1-25(35)26(33-40)19-16-17-23-31-28(36)22-21-27(30(38)39)32-29(37)20-15-13-11-9-7-5-3-2-4-6-8-10-12-14-18-24-34/h24,26-27,33,40H,2-23H2,1H3,(H,31,36)(H,32,37)(H,38,39). The van der Waals surface area contributed by atoms with Crippen molar-refractivity contribution in [1.82, 2.24) is 15.4 Å². The summed E-state index contributed by atoms with van der Waals surface area (Å²) in [6, 6.07) is -1.37. The number of carboxylic acids is 1. The van der Waals surface area contributed by atoms with E-state index in [9.17, 15) is 29.1 Å². The van der Waals surface area contributed by atoms with E-state index in [2.05, 4.69) is 28.2 Å². The zero-order valence-electron chi connectivity index (χ0n) is 24.7. The van der Waals surface area contributed by atoms with E-state index in [4.69, 9.17) is 0 Å². The molecule has 0 aliphatic carbocycles. The normalized spacial score (nSPS) is 12.4. The molecular weight excluding hydrogens is 530 g/mol. The minimum Gasteiger partial charge on any atom is -0.480 e. The molecule has 2 amide bonds. The maximum atomic E-state index is 12.2. The average Bonchev–Trinajstić information content (AvgIpc) is 2.92. The van der Waals surface area contributed by atoms with Gasteiger partial charge >= 0.3 is 5.97 Å². The first-order chi connectivity index (χ1) is 19.3.